The Bertz CT molecular complexity index is 223. The molecule has 0 aromatic heterocycles. The van der Waals surface area contributed by atoms with Gasteiger partial charge in [0.15, 0.2) is 0 Å². The number of nitrogens with zero attached hydrogens (tertiary/aromatic N) is 1. The molecule has 2 rings (SSSR count). The normalized spacial score (nSPS) is 30.7. The van der Waals surface area contributed by atoms with Gasteiger partial charge in [0.1, 0.15) is 0 Å². The summed E-state index contributed by atoms with van der Waals surface area (Å²) in [5.41, 5.74) is 0. The van der Waals surface area contributed by atoms with Gasteiger partial charge in [-0.1, -0.05) is 33.1 Å². The van der Waals surface area contributed by atoms with Gasteiger partial charge in [-0.2, -0.15) is 0 Å². The second kappa shape index (κ2) is 7.49. The Morgan fingerprint density at radius 2 is 1.94 bits per heavy atom. The molecule has 1 saturated carbocycles. The fourth-order valence-electron chi connectivity index (χ4n) is 4.02. The first-order chi connectivity index (χ1) is 8.81. The van der Waals surface area contributed by atoms with Crippen LogP contribution in [0.25, 0.3) is 0 Å². The maximum atomic E-state index is 3.57. The number of rotatable bonds is 3. The van der Waals surface area contributed by atoms with E-state index in [1.54, 1.807) is 0 Å². The van der Waals surface area contributed by atoms with Crippen LogP contribution in [-0.4, -0.2) is 37.1 Å². The Hall–Kier alpha value is -0.0800. The molecule has 1 saturated heterocycles. The highest BCUT2D eigenvalue weighted by molar-refractivity contribution is 4.83. The Kier molecular flexibility index (Phi) is 5.97. The fraction of sp³-hybridized carbons (Fsp3) is 1.00. The molecule has 2 fully saturated rings. The van der Waals surface area contributed by atoms with Crippen molar-refractivity contribution in [1.82, 2.24) is 10.2 Å². The van der Waals surface area contributed by atoms with Crippen LogP contribution in [0.2, 0.25) is 0 Å². The van der Waals surface area contributed by atoms with E-state index in [0.29, 0.717) is 0 Å². The van der Waals surface area contributed by atoms with Crippen LogP contribution in [0.4, 0.5) is 0 Å². The molecule has 0 spiro atoms. The molecular formula is C16H32N2. The first-order valence-corrected chi connectivity index (χ1v) is 8.26. The molecule has 2 heteroatoms. The summed E-state index contributed by atoms with van der Waals surface area (Å²) in [6, 6.07) is 0.867. The van der Waals surface area contributed by atoms with Gasteiger partial charge in [0, 0.05) is 12.6 Å². The predicted molar refractivity (Wildman–Crippen MR) is 78.9 cm³/mol. The van der Waals surface area contributed by atoms with E-state index in [9.17, 15) is 0 Å². The van der Waals surface area contributed by atoms with E-state index in [1.165, 1.54) is 71.1 Å². The van der Waals surface area contributed by atoms with E-state index in [-0.39, 0.29) is 0 Å². The third-order valence-electron chi connectivity index (χ3n) is 4.92. The molecule has 0 radical (unpaired) electrons. The molecule has 2 unspecified atom stereocenters. The standard InChI is InChI=1S/C16H32N2/c1-3-16(15-8-5-4-6-9-15)18-11-7-10-17-12-14(2)13-18/h14-17H,3-13H2,1-2H3. The highest BCUT2D eigenvalue weighted by Gasteiger charge is 2.28. The molecule has 0 amide bonds. The molecule has 1 aliphatic heterocycles. The van der Waals surface area contributed by atoms with Crippen molar-refractivity contribution in [1.29, 1.82) is 0 Å². The van der Waals surface area contributed by atoms with Crippen LogP contribution >= 0.6 is 0 Å². The highest BCUT2D eigenvalue weighted by Crippen LogP contribution is 2.31. The smallest absolute Gasteiger partial charge is 0.0121 e. The van der Waals surface area contributed by atoms with Gasteiger partial charge in [-0.25, -0.2) is 0 Å². The van der Waals surface area contributed by atoms with E-state index >= 15 is 0 Å². The molecule has 106 valence electrons. The van der Waals surface area contributed by atoms with Gasteiger partial charge < -0.3 is 5.32 Å². The van der Waals surface area contributed by atoms with Crippen molar-refractivity contribution in [2.24, 2.45) is 11.8 Å². The van der Waals surface area contributed by atoms with Crippen molar-refractivity contribution >= 4 is 0 Å². The van der Waals surface area contributed by atoms with Gasteiger partial charge in [-0.3, -0.25) is 4.90 Å². The Balaban J connectivity index is 1.94. The van der Waals surface area contributed by atoms with Crippen molar-refractivity contribution in [3.63, 3.8) is 0 Å². The molecule has 0 aromatic carbocycles. The number of hydrogen-bond donors (Lipinski definition) is 1. The average Bonchev–Trinajstić information content (AvgIpc) is 2.37. The van der Waals surface area contributed by atoms with Gasteiger partial charge >= 0.3 is 0 Å². The van der Waals surface area contributed by atoms with Gasteiger partial charge in [0.2, 0.25) is 0 Å². The van der Waals surface area contributed by atoms with Crippen molar-refractivity contribution < 1.29 is 0 Å². The molecule has 0 aromatic rings. The lowest BCUT2D eigenvalue weighted by Gasteiger charge is -2.40. The molecule has 1 N–H and O–H groups in total. The van der Waals surface area contributed by atoms with Gasteiger partial charge in [-0.15, -0.1) is 0 Å². The van der Waals surface area contributed by atoms with Crippen LogP contribution < -0.4 is 5.32 Å². The third kappa shape index (κ3) is 3.96. The average molecular weight is 252 g/mol. The summed E-state index contributed by atoms with van der Waals surface area (Å²) in [6.45, 7) is 9.84. The van der Waals surface area contributed by atoms with Crippen molar-refractivity contribution in [2.75, 3.05) is 26.2 Å². The van der Waals surface area contributed by atoms with Gasteiger partial charge in [0.25, 0.3) is 0 Å². The first kappa shape index (κ1) is 14.3. The zero-order valence-corrected chi connectivity index (χ0v) is 12.5. The van der Waals surface area contributed by atoms with Crippen LogP contribution in [0.15, 0.2) is 0 Å². The summed E-state index contributed by atoms with van der Waals surface area (Å²) in [5.74, 6) is 1.80. The fourth-order valence-corrected chi connectivity index (χ4v) is 4.02. The lowest BCUT2D eigenvalue weighted by molar-refractivity contribution is 0.0911. The molecule has 0 bridgehead atoms. The van der Waals surface area contributed by atoms with Crippen molar-refractivity contribution in [3.8, 4) is 0 Å². The summed E-state index contributed by atoms with van der Waals surface area (Å²) in [7, 11) is 0. The van der Waals surface area contributed by atoms with Crippen LogP contribution in [-0.2, 0) is 0 Å². The minimum Gasteiger partial charge on any atom is -0.316 e. The van der Waals surface area contributed by atoms with Crippen molar-refractivity contribution in [2.45, 2.75) is 64.8 Å². The van der Waals surface area contributed by atoms with Crippen LogP contribution in [0.3, 0.4) is 0 Å². The van der Waals surface area contributed by atoms with E-state index in [4.69, 9.17) is 0 Å². The predicted octanol–water partition coefficient (Wildman–Crippen LogP) is 3.28. The summed E-state index contributed by atoms with van der Waals surface area (Å²) < 4.78 is 0. The monoisotopic (exact) mass is 252 g/mol. The quantitative estimate of drug-likeness (QED) is 0.829. The molecular weight excluding hydrogens is 220 g/mol. The van der Waals surface area contributed by atoms with Gasteiger partial charge in [0.05, 0.1) is 0 Å². The zero-order chi connectivity index (χ0) is 12.8. The SMILES string of the molecule is CCC(C1CCCCC1)N1CCCNCC(C)C1. The van der Waals surface area contributed by atoms with E-state index < -0.39 is 0 Å². The minimum absolute atomic E-state index is 0.808. The number of hydrogen-bond acceptors (Lipinski definition) is 2. The van der Waals surface area contributed by atoms with Gasteiger partial charge in [-0.05, 0) is 57.2 Å². The summed E-state index contributed by atoms with van der Waals surface area (Å²) in [5, 5.41) is 3.57. The molecule has 1 heterocycles. The molecule has 18 heavy (non-hydrogen) atoms. The van der Waals surface area contributed by atoms with E-state index in [2.05, 4.69) is 24.1 Å². The van der Waals surface area contributed by atoms with Crippen molar-refractivity contribution in [3.05, 3.63) is 0 Å². The first-order valence-electron chi connectivity index (χ1n) is 8.26. The molecule has 2 atom stereocenters. The molecule has 2 nitrogen and oxygen atoms in total. The maximum Gasteiger partial charge on any atom is 0.0121 e. The molecule has 2 aliphatic rings. The molecule has 1 aliphatic carbocycles. The number of nitrogens with one attached hydrogen (secondary N) is 1. The Labute approximate surface area is 114 Å². The van der Waals surface area contributed by atoms with Crippen LogP contribution in [0, 0.1) is 11.8 Å². The minimum atomic E-state index is 0.808. The largest absolute Gasteiger partial charge is 0.316 e. The lowest BCUT2D eigenvalue weighted by atomic mass is 9.82. The zero-order valence-electron chi connectivity index (χ0n) is 12.5. The van der Waals surface area contributed by atoms with E-state index in [0.717, 1.165) is 17.9 Å². The third-order valence-corrected chi connectivity index (χ3v) is 4.92. The van der Waals surface area contributed by atoms with Crippen LogP contribution in [0.5, 0.6) is 0 Å². The second-order valence-corrected chi connectivity index (χ2v) is 6.53. The Morgan fingerprint density at radius 1 is 1.17 bits per heavy atom. The lowest BCUT2D eigenvalue weighted by Crippen LogP contribution is -2.47. The Morgan fingerprint density at radius 3 is 2.67 bits per heavy atom. The van der Waals surface area contributed by atoms with E-state index in [1.807, 2.05) is 0 Å². The summed E-state index contributed by atoms with van der Waals surface area (Å²) >= 11 is 0. The van der Waals surface area contributed by atoms with Crippen LogP contribution in [0.1, 0.15) is 58.8 Å². The second-order valence-electron chi connectivity index (χ2n) is 6.53. The summed E-state index contributed by atoms with van der Waals surface area (Å²) in [4.78, 5) is 2.83. The highest BCUT2D eigenvalue weighted by atomic mass is 15.2. The topological polar surface area (TPSA) is 15.3 Å². The maximum absolute atomic E-state index is 3.57. The summed E-state index contributed by atoms with van der Waals surface area (Å²) in [6.07, 6.45) is 10.1.